The van der Waals surface area contributed by atoms with Gasteiger partial charge in [-0.1, -0.05) is 42.5 Å². The maximum Gasteiger partial charge on any atom is 0.286 e. The van der Waals surface area contributed by atoms with E-state index in [2.05, 4.69) is 25.2 Å². The Morgan fingerprint density at radius 1 is 1.10 bits per heavy atom. The molecule has 0 saturated carbocycles. The van der Waals surface area contributed by atoms with E-state index in [0.717, 1.165) is 0 Å². The number of ketones is 1. The van der Waals surface area contributed by atoms with Gasteiger partial charge in [0.15, 0.2) is 9.84 Å². The quantitative estimate of drug-likeness (QED) is 0.307. The monoisotopic (exact) mass is 575 g/mol. The molecule has 2 atom stereocenters. The molecular formula is C24H25N5O8S2. The number of carbonyl (C=O) groups is 2. The highest BCUT2D eigenvalue weighted by Gasteiger charge is 2.34. The van der Waals surface area contributed by atoms with E-state index in [0.29, 0.717) is 5.56 Å². The molecule has 15 heteroatoms. The van der Waals surface area contributed by atoms with Crippen LogP contribution in [0, 0.1) is 0 Å². The van der Waals surface area contributed by atoms with E-state index in [-0.39, 0.29) is 40.4 Å². The molecule has 1 amide bonds. The second kappa shape index (κ2) is 11.4. The number of ether oxygens (including phenoxy) is 1. The van der Waals surface area contributed by atoms with Gasteiger partial charge in [0.05, 0.1) is 22.4 Å². The highest BCUT2D eigenvalue weighted by atomic mass is 32.2. The molecular weight excluding hydrogens is 550 g/mol. The average molecular weight is 576 g/mol. The molecule has 0 saturated heterocycles. The Hall–Kier alpha value is -3.95. The number of methoxy groups -OCH3 is 1. The maximum atomic E-state index is 13.3. The number of rotatable bonds is 11. The van der Waals surface area contributed by atoms with Crippen molar-refractivity contribution in [2.24, 2.45) is 4.99 Å². The Morgan fingerprint density at radius 2 is 1.79 bits per heavy atom. The van der Waals surface area contributed by atoms with E-state index < -0.39 is 49.4 Å². The summed E-state index contributed by atoms with van der Waals surface area (Å²) in [5.74, 6) is -3.25. The molecule has 0 fully saturated rings. The smallest absolute Gasteiger partial charge is 0.286 e. The Kier molecular flexibility index (Phi) is 8.22. The van der Waals surface area contributed by atoms with Crippen molar-refractivity contribution >= 4 is 37.4 Å². The van der Waals surface area contributed by atoms with E-state index >= 15 is 0 Å². The lowest BCUT2D eigenvalue weighted by molar-refractivity contribution is -0.122. The van der Waals surface area contributed by atoms with E-state index in [4.69, 9.17) is 9.15 Å². The molecule has 0 aliphatic carbocycles. The van der Waals surface area contributed by atoms with Gasteiger partial charge in [-0.2, -0.15) is 0 Å². The molecule has 1 aliphatic rings. The maximum absolute atomic E-state index is 13.3. The molecule has 0 radical (unpaired) electrons. The summed E-state index contributed by atoms with van der Waals surface area (Å²) in [6, 6.07) is 11.5. The Morgan fingerprint density at radius 3 is 2.51 bits per heavy atom. The first-order chi connectivity index (χ1) is 18.5. The number of nitrogens with zero attached hydrogens (tertiary/aromatic N) is 3. The molecule has 2 N–H and O–H groups in total. The number of Topliss-reactive ketones (excluding diaryl/α,β-unsaturated/α-hetero) is 1. The molecule has 39 heavy (non-hydrogen) atoms. The summed E-state index contributed by atoms with van der Waals surface area (Å²) in [6.07, 6.45) is 0. The summed E-state index contributed by atoms with van der Waals surface area (Å²) in [5.41, 5.74) is 0.694. The molecule has 206 valence electrons. The van der Waals surface area contributed by atoms with Crippen LogP contribution in [0.25, 0.3) is 0 Å². The number of carbonyl (C=O) groups excluding carboxylic acids is 2. The third kappa shape index (κ3) is 6.74. The number of amides is 1. The fourth-order valence-corrected chi connectivity index (χ4v) is 6.54. The Bertz CT molecular complexity index is 1620. The van der Waals surface area contributed by atoms with Crippen LogP contribution >= 0.6 is 0 Å². The van der Waals surface area contributed by atoms with Gasteiger partial charge < -0.3 is 14.5 Å². The van der Waals surface area contributed by atoms with Gasteiger partial charge in [0.2, 0.25) is 17.6 Å². The van der Waals surface area contributed by atoms with Crippen LogP contribution in [0.3, 0.4) is 0 Å². The van der Waals surface area contributed by atoms with Gasteiger partial charge in [-0.15, -0.1) is 10.2 Å². The first-order valence-electron chi connectivity index (χ1n) is 11.6. The van der Waals surface area contributed by atoms with Crippen LogP contribution < -0.4 is 10.0 Å². The van der Waals surface area contributed by atoms with Gasteiger partial charge >= 0.3 is 0 Å². The number of aliphatic imine (C=N–C) groups is 1. The number of nitrogens with one attached hydrogen (secondary N) is 2. The normalized spacial score (nSPS) is 16.7. The van der Waals surface area contributed by atoms with Crippen molar-refractivity contribution < 1.29 is 35.6 Å². The second-order valence-corrected chi connectivity index (χ2v) is 12.4. The fourth-order valence-electron chi connectivity index (χ4n) is 3.78. The van der Waals surface area contributed by atoms with Gasteiger partial charge in [-0.3, -0.25) is 19.3 Å². The number of hydrogen-bond donors (Lipinski definition) is 2. The minimum atomic E-state index is -3.95. The van der Waals surface area contributed by atoms with Crippen LogP contribution in [0.5, 0.6) is 0 Å². The summed E-state index contributed by atoms with van der Waals surface area (Å²) in [4.78, 5) is 30.2. The number of amidine groups is 1. The Labute approximate surface area is 224 Å². The van der Waals surface area contributed by atoms with Crippen LogP contribution in [0.1, 0.15) is 34.6 Å². The lowest BCUT2D eigenvalue weighted by atomic mass is 10.2. The number of sulfone groups is 1. The topological polar surface area (TPSA) is 187 Å². The van der Waals surface area contributed by atoms with Crippen LogP contribution in [-0.4, -0.2) is 69.5 Å². The number of hydrogen-bond acceptors (Lipinski definition) is 11. The standard InChI is InChI=1S/C24H25N5O8S2/c1-15(21(30)24-28-27-20(37-24)12-36-2)25-23(31)18(14-38(32,33)13-16-8-4-3-5-9-16)26-22-17-10-6-7-11-19(17)39(34,35)29-22/h3-11,15,18H,12-14H2,1-2H3,(H,25,31)(H,26,29)/t15-,18-/m0/s1. The van der Waals surface area contributed by atoms with Crippen LogP contribution in [0.4, 0.5) is 0 Å². The first kappa shape index (κ1) is 28.1. The summed E-state index contributed by atoms with van der Waals surface area (Å²) >= 11 is 0. The van der Waals surface area contributed by atoms with Gasteiger partial charge in [0.25, 0.3) is 15.9 Å². The van der Waals surface area contributed by atoms with E-state index in [1.54, 1.807) is 36.4 Å². The van der Waals surface area contributed by atoms with Crippen molar-refractivity contribution in [1.29, 1.82) is 0 Å². The van der Waals surface area contributed by atoms with Gasteiger partial charge in [-0.25, -0.2) is 16.8 Å². The summed E-state index contributed by atoms with van der Waals surface area (Å²) in [6.45, 7) is 1.34. The highest BCUT2D eigenvalue weighted by Crippen LogP contribution is 2.23. The molecule has 13 nitrogen and oxygen atoms in total. The van der Waals surface area contributed by atoms with E-state index in [1.807, 2.05) is 0 Å². The minimum Gasteiger partial charge on any atom is -0.416 e. The van der Waals surface area contributed by atoms with E-state index in [1.165, 1.54) is 32.2 Å². The Balaban J connectivity index is 1.61. The van der Waals surface area contributed by atoms with Crippen LogP contribution in [-0.2, 0) is 41.8 Å². The second-order valence-electron chi connectivity index (χ2n) is 8.66. The number of fused-ring (bicyclic) bond motifs is 1. The van der Waals surface area contributed by atoms with Crippen molar-refractivity contribution in [3.63, 3.8) is 0 Å². The summed E-state index contributed by atoms with van der Waals surface area (Å²) < 4.78 is 63.5. The average Bonchev–Trinajstić information content (AvgIpc) is 3.45. The SMILES string of the molecule is COCc1nnc(C(=O)[C@H](C)NC(=O)[C@H](CS(=O)(=O)Cc2ccccc2)N=C2NS(=O)(=O)c3ccccc32)o1. The molecule has 1 aromatic heterocycles. The predicted octanol–water partition coefficient (Wildman–Crippen LogP) is 0.626. The van der Waals surface area contributed by atoms with Gasteiger partial charge in [0.1, 0.15) is 18.5 Å². The molecule has 0 spiro atoms. The van der Waals surface area contributed by atoms with Gasteiger partial charge in [-0.05, 0) is 24.6 Å². The van der Waals surface area contributed by atoms with Gasteiger partial charge in [0, 0.05) is 12.7 Å². The number of benzene rings is 2. The predicted molar refractivity (Wildman–Crippen MR) is 138 cm³/mol. The van der Waals surface area contributed by atoms with E-state index in [9.17, 15) is 26.4 Å². The summed E-state index contributed by atoms with van der Waals surface area (Å²) in [7, 11) is -6.46. The molecule has 2 heterocycles. The molecule has 0 bridgehead atoms. The molecule has 2 aromatic carbocycles. The lowest BCUT2D eigenvalue weighted by Gasteiger charge is -2.17. The third-order valence-corrected chi connectivity index (χ3v) is 8.58. The van der Waals surface area contributed by atoms with Crippen molar-refractivity contribution in [2.45, 2.75) is 36.3 Å². The van der Waals surface area contributed by atoms with Crippen molar-refractivity contribution in [1.82, 2.24) is 20.2 Å². The zero-order valence-electron chi connectivity index (χ0n) is 20.9. The number of aromatic nitrogens is 2. The highest BCUT2D eigenvalue weighted by molar-refractivity contribution is 7.91. The lowest BCUT2D eigenvalue weighted by Crippen LogP contribution is -2.46. The van der Waals surface area contributed by atoms with Crippen molar-refractivity contribution in [2.75, 3.05) is 12.9 Å². The molecule has 4 rings (SSSR count). The largest absolute Gasteiger partial charge is 0.416 e. The van der Waals surface area contributed by atoms with Crippen molar-refractivity contribution in [3.8, 4) is 0 Å². The third-order valence-electron chi connectivity index (χ3n) is 5.59. The summed E-state index contributed by atoms with van der Waals surface area (Å²) in [5, 5.41) is 9.74. The molecule has 0 unspecified atom stereocenters. The first-order valence-corrected chi connectivity index (χ1v) is 14.9. The molecule has 3 aromatic rings. The van der Waals surface area contributed by atoms with Crippen LogP contribution in [0.2, 0.25) is 0 Å². The zero-order chi connectivity index (χ0) is 28.2. The minimum absolute atomic E-state index is 0.0166. The van der Waals surface area contributed by atoms with Crippen LogP contribution in [0.15, 0.2) is 68.9 Å². The fraction of sp³-hybridized carbons (Fsp3) is 0.292. The van der Waals surface area contributed by atoms with Crippen molar-refractivity contribution in [3.05, 3.63) is 77.5 Å². The number of sulfonamides is 1. The zero-order valence-corrected chi connectivity index (χ0v) is 22.5. The molecule has 1 aliphatic heterocycles.